The van der Waals surface area contributed by atoms with Crippen molar-refractivity contribution in [1.29, 1.82) is 0 Å². The summed E-state index contributed by atoms with van der Waals surface area (Å²) in [6, 6.07) is 3.60. The lowest BCUT2D eigenvalue weighted by Crippen LogP contribution is -2.51. The minimum Gasteiger partial charge on any atom is -0.445 e. The van der Waals surface area contributed by atoms with Gasteiger partial charge in [-0.25, -0.2) is 14.4 Å². The summed E-state index contributed by atoms with van der Waals surface area (Å²) in [5.41, 5.74) is 5.98. The average molecular weight is 864 g/mol. The molecule has 0 aromatic heterocycles. The minimum atomic E-state index is -1.09. The molecule has 1 heterocycles. The highest BCUT2D eigenvalue weighted by Gasteiger charge is 2.33. The Kier molecular flexibility index (Phi) is 27.6. The van der Waals surface area contributed by atoms with E-state index in [1.165, 1.54) is 39.1 Å². The number of nitrogens with one attached hydrogen (secondary N) is 6. The van der Waals surface area contributed by atoms with Crippen LogP contribution in [0, 0.1) is 5.92 Å². The molecule has 2 rings (SSSR count). The monoisotopic (exact) mass is 863 g/mol. The zero-order valence-corrected chi connectivity index (χ0v) is 36.6. The van der Waals surface area contributed by atoms with Crippen molar-refractivity contribution < 1.29 is 57.5 Å². The van der Waals surface area contributed by atoms with Crippen LogP contribution >= 0.6 is 0 Å². The SMILES string of the molecule is CCC.CCC.CNC(=O)C(NC(=O)CN(C)C(=O)OCc1ccc(NC(=O)C(CCCNC(N)=O)NC(=O)CNC(=O)CCCC(=O)ON2C(=O)CCC2=O)cc1)C(C)C. The fourth-order valence-corrected chi connectivity index (χ4v) is 4.86. The van der Waals surface area contributed by atoms with Crippen LogP contribution in [-0.4, -0.2) is 115 Å². The van der Waals surface area contributed by atoms with Gasteiger partial charge >= 0.3 is 18.1 Å². The maximum atomic E-state index is 13.2. The molecule has 1 saturated heterocycles. The molecule has 8 N–H and O–H groups in total. The van der Waals surface area contributed by atoms with Crippen molar-refractivity contribution in [3.05, 3.63) is 29.8 Å². The number of hydrogen-bond acceptors (Lipinski definition) is 12. The standard InChI is InChI=1S/C34H49N9O12.2C3H8/c1-20(2)30(32(51)36-3)41-26(46)18-42(4)34(53)54-19-21-10-12-22(13-11-21)39-31(50)23(7-6-16-37-33(35)52)40-25(45)17-38-24(44)8-5-9-29(49)55-43-27(47)14-15-28(43)48;2*1-3-2/h10-13,20,23,30H,5-9,14-19H2,1-4H3,(H,36,51)(H,38,44)(H,39,50)(H,40,45)(H,41,46)(H3,35,37,52);2*3H2,1-2H3. The highest BCUT2D eigenvalue weighted by atomic mass is 16.7. The maximum absolute atomic E-state index is 13.2. The van der Waals surface area contributed by atoms with Gasteiger partial charge in [-0.1, -0.05) is 66.5 Å². The van der Waals surface area contributed by atoms with Crippen molar-refractivity contribution in [2.75, 3.05) is 39.0 Å². The van der Waals surface area contributed by atoms with Gasteiger partial charge in [-0.05, 0) is 42.9 Å². The van der Waals surface area contributed by atoms with Gasteiger partial charge in [0.15, 0.2) is 0 Å². The average Bonchev–Trinajstić information content (AvgIpc) is 3.51. The summed E-state index contributed by atoms with van der Waals surface area (Å²) in [7, 11) is 2.82. The third-order valence-corrected chi connectivity index (χ3v) is 7.84. The molecule has 1 aliphatic rings. The predicted octanol–water partition coefficient (Wildman–Crippen LogP) is 1.74. The molecular formula is C40H65N9O12. The first-order valence-corrected chi connectivity index (χ1v) is 20.3. The number of urea groups is 1. The first kappa shape index (κ1) is 54.7. The summed E-state index contributed by atoms with van der Waals surface area (Å²) >= 11 is 0. The second kappa shape index (κ2) is 30.7. The number of nitrogens with zero attached hydrogens (tertiary/aromatic N) is 2. The van der Waals surface area contributed by atoms with E-state index in [4.69, 9.17) is 15.3 Å². The van der Waals surface area contributed by atoms with Crippen LogP contribution in [0.25, 0.3) is 0 Å². The van der Waals surface area contributed by atoms with Crippen molar-refractivity contribution in [2.24, 2.45) is 11.7 Å². The second-order valence-electron chi connectivity index (χ2n) is 14.1. The molecule has 1 aromatic carbocycles. The summed E-state index contributed by atoms with van der Waals surface area (Å²) in [5.74, 6) is -5.10. The number of nitrogens with two attached hydrogens (primary N) is 1. The van der Waals surface area contributed by atoms with Crippen LogP contribution in [0.15, 0.2) is 24.3 Å². The number of anilines is 1. The van der Waals surface area contributed by atoms with Crippen molar-refractivity contribution >= 4 is 65.1 Å². The Bertz CT molecular complexity index is 1600. The number of imide groups is 1. The summed E-state index contributed by atoms with van der Waals surface area (Å²) in [4.78, 5) is 127. The lowest BCUT2D eigenvalue weighted by molar-refractivity contribution is -0.197. The molecule has 21 heteroatoms. The number of hydrogen-bond donors (Lipinski definition) is 7. The van der Waals surface area contributed by atoms with Crippen LogP contribution in [0.4, 0.5) is 15.3 Å². The number of amides is 10. The number of carbonyl (C=O) groups is 10. The number of ether oxygens (including phenoxy) is 1. The summed E-state index contributed by atoms with van der Waals surface area (Å²) in [5, 5.41) is 15.4. The number of primary amides is 1. The van der Waals surface area contributed by atoms with E-state index in [-0.39, 0.29) is 76.5 Å². The topological polar surface area (TPSA) is 294 Å². The Morgan fingerprint density at radius 2 is 1.39 bits per heavy atom. The predicted molar refractivity (Wildman–Crippen MR) is 223 cm³/mol. The van der Waals surface area contributed by atoms with Gasteiger partial charge in [0.1, 0.15) is 25.2 Å². The van der Waals surface area contributed by atoms with Crippen LogP contribution in [0.2, 0.25) is 0 Å². The highest BCUT2D eigenvalue weighted by molar-refractivity contribution is 6.01. The van der Waals surface area contributed by atoms with Gasteiger partial charge in [0.25, 0.3) is 11.8 Å². The molecule has 1 aromatic rings. The molecule has 0 saturated carbocycles. The van der Waals surface area contributed by atoms with E-state index in [2.05, 4.69) is 59.6 Å². The van der Waals surface area contributed by atoms with Crippen molar-refractivity contribution in [2.45, 2.75) is 118 Å². The molecule has 0 bridgehead atoms. The lowest BCUT2D eigenvalue weighted by Gasteiger charge is -2.22. The number of hydroxylamine groups is 2. The quantitative estimate of drug-likeness (QED) is 0.0687. The van der Waals surface area contributed by atoms with Crippen LogP contribution in [0.3, 0.4) is 0 Å². The van der Waals surface area contributed by atoms with Gasteiger partial charge in [0.2, 0.25) is 29.5 Å². The molecule has 342 valence electrons. The lowest BCUT2D eigenvalue weighted by atomic mass is 10.0. The molecular weight excluding hydrogens is 798 g/mol. The van der Waals surface area contributed by atoms with Gasteiger partial charge in [-0.3, -0.25) is 33.6 Å². The zero-order chi connectivity index (χ0) is 46.5. The first-order valence-electron chi connectivity index (χ1n) is 20.3. The second-order valence-corrected chi connectivity index (χ2v) is 14.1. The molecule has 1 aliphatic heterocycles. The van der Waals surface area contributed by atoms with E-state index in [9.17, 15) is 47.9 Å². The van der Waals surface area contributed by atoms with Crippen molar-refractivity contribution in [3.63, 3.8) is 0 Å². The fraction of sp³-hybridized carbons (Fsp3) is 0.600. The summed E-state index contributed by atoms with van der Waals surface area (Å²) in [6.45, 7) is 11.2. The third kappa shape index (κ3) is 23.8. The largest absolute Gasteiger partial charge is 0.445 e. The van der Waals surface area contributed by atoms with E-state index in [1.54, 1.807) is 26.0 Å². The van der Waals surface area contributed by atoms with E-state index in [0.717, 1.165) is 4.90 Å². The van der Waals surface area contributed by atoms with E-state index in [1.807, 2.05) is 0 Å². The van der Waals surface area contributed by atoms with E-state index >= 15 is 0 Å². The molecule has 2 atom stereocenters. The zero-order valence-electron chi connectivity index (χ0n) is 36.6. The maximum Gasteiger partial charge on any atom is 0.410 e. The van der Waals surface area contributed by atoms with E-state index in [0.29, 0.717) is 16.3 Å². The number of benzene rings is 1. The minimum absolute atomic E-state index is 0.0117. The smallest absolute Gasteiger partial charge is 0.410 e. The number of likely N-dealkylation sites (N-methyl/N-ethyl adjacent to an activating group) is 2. The van der Waals surface area contributed by atoms with Crippen molar-refractivity contribution in [3.8, 4) is 0 Å². The Labute approximate surface area is 357 Å². The molecule has 10 amide bonds. The van der Waals surface area contributed by atoms with Gasteiger partial charge in [0.05, 0.1) is 6.54 Å². The Morgan fingerprint density at radius 3 is 1.93 bits per heavy atom. The van der Waals surface area contributed by atoms with Gasteiger partial charge in [-0.2, -0.15) is 0 Å². The first-order chi connectivity index (χ1) is 28.8. The Balaban J connectivity index is 0.00000564. The van der Waals surface area contributed by atoms with Crippen molar-refractivity contribution in [1.82, 2.24) is 36.5 Å². The molecule has 21 nitrogen and oxygen atoms in total. The van der Waals surface area contributed by atoms with Crippen LogP contribution in [-0.2, 0) is 54.5 Å². The van der Waals surface area contributed by atoms with Gasteiger partial charge in [0, 0.05) is 52.0 Å². The molecule has 1 fully saturated rings. The Morgan fingerprint density at radius 1 is 0.803 bits per heavy atom. The molecule has 0 spiro atoms. The molecule has 0 aliphatic carbocycles. The number of carbonyl (C=O) groups excluding carboxylic acids is 10. The number of rotatable bonds is 21. The Hall–Kier alpha value is -6.28. The summed E-state index contributed by atoms with van der Waals surface area (Å²) in [6.07, 6.45) is 1.53. The third-order valence-electron chi connectivity index (χ3n) is 7.84. The fourth-order valence-electron chi connectivity index (χ4n) is 4.86. The van der Waals surface area contributed by atoms with Crippen LogP contribution < -0.4 is 37.6 Å². The molecule has 2 unspecified atom stereocenters. The van der Waals surface area contributed by atoms with Crippen LogP contribution in [0.1, 0.15) is 105 Å². The molecule has 61 heavy (non-hydrogen) atoms. The van der Waals surface area contributed by atoms with E-state index < -0.39 is 72.2 Å². The highest BCUT2D eigenvalue weighted by Crippen LogP contribution is 2.14. The normalized spacial score (nSPS) is 12.5. The van der Waals surface area contributed by atoms with Crippen LogP contribution in [0.5, 0.6) is 0 Å². The van der Waals surface area contributed by atoms with Gasteiger partial charge < -0.3 is 52.1 Å². The molecule has 0 radical (unpaired) electrons. The summed E-state index contributed by atoms with van der Waals surface area (Å²) < 4.78 is 5.27. The van der Waals surface area contributed by atoms with Gasteiger partial charge in [-0.15, -0.1) is 5.06 Å².